The van der Waals surface area contributed by atoms with E-state index in [1.807, 2.05) is 17.5 Å². The summed E-state index contributed by atoms with van der Waals surface area (Å²) in [4.78, 5) is 23.8. The highest BCUT2D eigenvalue weighted by Crippen LogP contribution is 2.36. The van der Waals surface area contributed by atoms with Crippen molar-refractivity contribution in [1.82, 2.24) is 15.3 Å². The molecule has 0 spiro atoms. The van der Waals surface area contributed by atoms with Gasteiger partial charge in [-0.3, -0.25) is 4.79 Å². The molecule has 0 fully saturated rings. The van der Waals surface area contributed by atoms with Crippen molar-refractivity contribution in [1.29, 1.82) is 0 Å². The van der Waals surface area contributed by atoms with Crippen LogP contribution in [-0.2, 0) is 6.54 Å². The normalized spacial score (nSPS) is 14.2. The Morgan fingerprint density at radius 1 is 1.16 bits per heavy atom. The van der Waals surface area contributed by atoms with Crippen LogP contribution in [-0.4, -0.2) is 23.2 Å². The molecule has 8 heteroatoms. The van der Waals surface area contributed by atoms with Gasteiger partial charge in [-0.1, -0.05) is 19.9 Å². The summed E-state index contributed by atoms with van der Waals surface area (Å²) in [7, 11) is 0. The fourth-order valence-electron chi connectivity index (χ4n) is 4.04. The number of hydrogen-bond donors (Lipinski definition) is 2. The lowest BCUT2D eigenvalue weighted by Crippen LogP contribution is -2.27. The number of ether oxygens (including phenoxy) is 2. The maximum atomic E-state index is 12.9. The van der Waals surface area contributed by atoms with Crippen LogP contribution in [0.4, 0.5) is 0 Å². The Kier molecular flexibility index (Phi) is 5.75. The Hall–Kier alpha value is -2.68. The monoisotopic (exact) mass is 467 g/mol. The molecule has 2 N–H and O–H groups in total. The van der Waals surface area contributed by atoms with Gasteiger partial charge in [0.1, 0.15) is 23.9 Å². The average molecular weight is 468 g/mol. The SMILES string of the molecule is Cc1ccc(-c2csc3nc(CN[C@H](c4ccc5c(c4)OCCO5)C(C)C)[nH]c(=O)c23)s1. The molecule has 1 aromatic carbocycles. The van der Waals surface area contributed by atoms with Gasteiger partial charge < -0.3 is 19.8 Å². The van der Waals surface area contributed by atoms with E-state index in [9.17, 15) is 4.79 Å². The number of hydrogen-bond acceptors (Lipinski definition) is 7. The van der Waals surface area contributed by atoms with Crippen molar-refractivity contribution in [3.05, 3.63) is 62.3 Å². The van der Waals surface area contributed by atoms with Crippen LogP contribution in [0.3, 0.4) is 0 Å². The minimum atomic E-state index is -0.0884. The van der Waals surface area contributed by atoms with Gasteiger partial charge in [0.15, 0.2) is 11.5 Å². The molecule has 1 aliphatic rings. The van der Waals surface area contributed by atoms with E-state index in [4.69, 9.17) is 14.5 Å². The quantitative estimate of drug-likeness (QED) is 0.403. The predicted molar refractivity (Wildman–Crippen MR) is 130 cm³/mol. The van der Waals surface area contributed by atoms with Crippen LogP contribution in [0, 0.1) is 12.8 Å². The van der Waals surface area contributed by atoms with Gasteiger partial charge in [-0.2, -0.15) is 0 Å². The van der Waals surface area contributed by atoms with E-state index >= 15 is 0 Å². The molecule has 0 aliphatic carbocycles. The number of rotatable bonds is 6. The highest BCUT2D eigenvalue weighted by atomic mass is 32.1. The molecule has 5 rings (SSSR count). The second-order valence-electron chi connectivity index (χ2n) is 8.26. The second-order valence-corrected chi connectivity index (χ2v) is 10.4. The molecule has 6 nitrogen and oxygen atoms in total. The molecular formula is C24H25N3O3S2. The van der Waals surface area contributed by atoms with E-state index in [1.165, 1.54) is 16.2 Å². The summed E-state index contributed by atoms with van der Waals surface area (Å²) in [6.07, 6.45) is 0. The summed E-state index contributed by atoms with van der Waals surface area (Å²) in [5.41, 5.74) is 2.00. The smallest absolute Gasteiger partial charge is 0.260 e. The summed E-state index contributed by atoms with van der Waals surface area (Å²) in [5, 5.41) is 6.27. The zero-order chi connectivity index (χ0) is 22.2. The van der Waals surface area contributed by atoms with Crippen molar-refractivity contribution < 1.29 is 9.47 Å². The van der Waals surface area contributed by atoms with Crippen LogP contribution in [0.5, 0.6) is 11.5 Å². The van der Waals surface area contributed by atoms with Crippen LogP contribution in [0.1, 0.15) is 36.2 Å². The molecule has 0 amide bonds. The molecule has 1 aliphatic heterocycles. The molecule has 0 unspecified atom stereocenters. The predicted octanol–water partition coefficient (Wildman–Crippen LogP) is 5.28. The molecule has 32 heavy (non-hydrogen) atoms. The Labute approximate surface area is 194 Å². The third-order valence-electron chi connectivity index (χ3n) is 5.58. The first-order chi connectivity index (χ1) is 15.5. The number of benzene rings is 1. The summed E-state index contributed by atoms with van der Waals surface area (Å²) < 4.78 is 11.4. The first-order valence-corrected chi connectivity index (χ1v) is 12.4. The van der Waals surface area contributed by atoms with Crippen LogP contribution in [0.2, 0.25) is 0 Å². The lowest BCUT2D eigenvalue weighted by atomic mass is 9.95. The van der Waals surface area contributed by atoms with Crippen molar-refractivity contribution in [3.8, 4) is 21.9 Å². The molecule has 1 atom stereocenters. The number of H-pyrrole nitrogens is 1. The fraction of sp³-hybridized carbons (Fsp3) is 0.333. The summed E-state index contributed by atoms with van der Waals surface area (Å²) >= 11 is 3.21. The number of aromatic amines is 1. The van der Waals surface area contributed by atoms with Gasteiger partial charge in [-0.05, 0) is 42.7 Å². The topological polar surface area (TPSA) is 76.2 Å². The fourth-order valence-corrected chi connectivity index (χ4v) is 5.96. The minimum absolute atomic E-state index is 0.0832. The number of thiophene rings is 2. The molecule has 4 aromatic rings. The number of aryl methyl sites for hydroxylation is 1. The van der Waals surface area contributed by atoms with E-state index in [-0.39, 0.29) is 11.6 Å². The van der Waals surface area contributed by atoms with Gasteiger partial charge in [0.25, 0.3) is 5.56 Å². The van der Waals surface area contributed by atoms with Crippen molar-refractivity contribution in [2.45, 2.75) is 33.4 Å². The van der Waals surface area contributed by atoms with Crippen LogP contribution in [0.15, 0.2) is 40.5 Å². The van der Waals surface area contributed by atoms with Crippen molar-refractivity contribution in [2.75, 3.05) is 13.2 Å². The van der Waals surface area contributed by atoms with E-state index in [0.29, 0.717) is 36.9 Å². The molecule has 0 radical (unpaired) electrons. The highest BCUT2D eigenvalue weighted by molar-refractivity contribution is 7.19. The Morgan fingerprint density at radius 3 is 2.72 bits per heavy atom. The maximum Gasteiger partial charge on any atom is 0.260 e. The molecule has 0 saturated heterocycles. The van der Waals surface area contributed by atoms with Crippen molar-refractivity contribution in [3.63, 3.8) is 0 Å². The third-order valence-corrected chi connectivity index (χ3v) is 7.49. The molecule has 3 aromatic heterocycles. The van der Waals surface area contributed by atoms with Gasteiger partial charge in [0.05, 0.1) is 11.9 Å². The molecule has 166 valence electrons. The Balaban J connectivity index is 1.39. The zero-order valence-corrected chi connectivity index (χ0v) is 19.9. The highest BCUT2D eigenvalue weighted by Gasteiger charge is 2.20. The molecule has 0 saturated carbocycles. The number of nitrogens with zero attached hydrogens (tertiary/aromatic N) is 1. The van der Waals surface area contributed by atoms with Crippen LogP contribution >= 0.6 is 22.7 Å². The van der Waals surface area contributed by atoms with E-state index < -0.39 is 0 Å². The molecule has 0 bridgehead atoms. The molecule has 4 heterocycles. The van der Waals surface area contributed by atoms with Crippen LogP contribution in [0.25, 0.3) is 20.7 Å². The number of aromatic nitrogens is 2. The maximum absolute atomic E-state index is 12.9. The molecular weight excluding hydrogens is 442 g/mol. The zero-order valence-electron chi connectivity index (χ0n) is 18.2. The third kappa shape index (κ3) is 4.05. The second kappa shape index (κ2) is 8.69. The van der Waals surface area contributed by atoms with E-state index in [0.717, 1.165) is 32.3 Å². The standard InChI is InChI=1S/C24H25N3O3S2/c1-13(2)22(15-5-6-17-18(10-15)30-9-8-29-17)25-11-20-26-23(28)21-16(12-31-24(21)27-20)19-7-4-14(3)32-19/h4-7,10,12-13,22,25H,8-9,11H2,1-3H3,(H,26,27,28)/t22-/m0/s1. The number of nitrogens with one attached hydrogen (secondary N) is 2. The first kappa shape index (κ1) is 21.2. The summed E-state index contributed by atoms with van der Waals surface area (Å²) in [5.74, 6) is 2.54. The van der Waals surface area contributed by atoms with Crippen molar-refractivity contribution >= 4 is 32.9 Å². The van der Waals surface area contributed by atoms with Crippen molar-refractivity contribution in [2.24, 2.45) is 5.92 Å². The lowest BCUT2D eigenvalue weighted by Gasteiger charge is -2.25. The largest absolute Gasteiger partial charge is 0.486 e. The van der Waals surface area contributed by atoms with E-state index in [2.05, 4.69) is 49.3 Å². The van der Waals surface area contributed by atoms with Crippen LogP contribution < -0.4 is 20.3 Å². The van der Waals surface area contributed by atoms with E-state index in [1.54, 1.807) is 11.3 Å². The minimum Gasteiger partial charge on any atom is -0.486 e. The summed E-state index contributed by atoms with van der Waals surface area (Å²) in [6, 6.07) is 10.3. The van der Waals surface area contributed by atoms with Gasteiger partial charge in [0, 0.05) is 26.7 Å². The lowest BCUT2D eigenvalue weighted by molar-refractivity contribution is 0.171. The Morgan fingerprint density at radius 2 is 1.97 bits per heavy atom. The average Bonchev–Trinajstić information content (AvgIpc) is 3.40. The van der Waals surface area contributed by atoms with Gasteiger partial charge in [0.2, 0.25) is 0 Å². The Bertz CT molecular complexity index is 1320. The summed E-state index contributed by atoms with van der Waals surface area (Å²) in [6.45, 7) is 8.02. The van der Waals surface area contributed by atoms with Gasteiger partial charge >= 0.3 is 0 Å². The first-order valence-electron chi connectivity index (χ1n) is 10.7. The van der Waals surface area contributed by atoms with Gasteiger partial charge in [-0.15, -0.1) is 22.7 Å². The number of fused-ring (bicyclic) bond motifs is 2. The van der Waals surface area contributed by atoms with Gasteiger partial charge in [-0.25, -0.2) is 4.98 Å².